The van der Waals surface area contributed by atoms with Gasteiger partial charge in [0.25, 0.3) is 0 Å². The van der Waals surface area contributed by atoms with E-state index < -0.39 is 0 Å². The minimum atomic E-state index is 0.624. The Morgan fingerprint density at radius 2 is 0.869 bits per heavy atom. The van der Waals surface area contributed by atoms with Crippen molar-refractivity contribution in [3.8, 4) is 56.4 Å². The maximum absolute atomic E-state index is 6.56. The molecule has 0 fully saturated rings. The number of fused-ring (bicyclic) bond motifs is 10. The quantitative estimate of drug-likeness (QED) is 0.174. The van der Waals surface area contributed by atoms with Crippen molar-refractivity contribution in [1.29, 1.82) is 0 Å². The Morgan fingerprint density at radius 3 is 1.67 bits per heavy atom. The molecule has 0 N–H and O–H groups in total. The molecule has 0 saturated heterocycles. The number of nitrogens with zero attached hydrogens (tertiary/aromatic N) is 3. The summed E-state index contributed by atoms with van der Waals surface area (Å²) >= 11 is 3.65. The molecule has 13 aromatic rings. The SMILES string of the molecule is c1ccc2cc(-c3nc(-c4ccc(-c5cc(-c6ccc7c(c6)sc6ccccc67)cc6oc7ccccc7c56)cc4)nc(-c4ccc5sc6ccccc6c5c4)n3)ccc2c1. The molecule has 4 heterocycles. The number of furan rings is 1. The molecule has 13 rings (SSSR count). The Bertz CT molecular complexity index is 3900. The number of benzene rings is 9. The van der Waals surface area contributed by atoms with E-state index >= 15 is 0 Å². The summed E-state index contributed by atoms with van der Waals surface area (Å²) in [4.78, 5) is 15.5. The van der Waals surface area contributed by atoms with Crippen LogP contribution in [0, 0.1) is 0 Å². The lowest BCUT2D eigenvalue weighted by Gasteiger charge is -2.11. The van der Waals surface area contributed by atoms with E-state index in [0.29, 0.717) is 17.5 Å². The first-order chi connectivity index (χ1) is 30.2. The molecule has 6 heteroatoms. The topological polar surface area (TPSA) is 51.8 Å². The van der Waals surface area contributed by atoms with E-state index in [9.17, 15) is 0 Å². The van der Waals surface area contributed by atoms with E-state index in [0.717, 1.165) is 66.3 Å². The summed E-state index contributed by atoms with van der Waals surface area (Å²) in [6.45, 7) is 0. The third-order valence-corrected chi connectivity index (χ3v) is 14.2. The van der Waals surface area contributed by atoms with Gasteiger partial charge in [0.15, 0.2) is 17.5 Å². The lowest BCUT2D eigenvalue weighted by atomic mass is 9.93. The highest BCUT2D eigenvalue weighted by atomic mass is 32.1. The summed E-state index contributed by atoms with van der Waals surface area (Å²) in [6.07, 6.45) is 0. The molecular weight excluding hydrogens is 783 g/mol. The maximum Gasteiger partial charge on any atom is 0.164 e. The third kappa shape index (κ3) is 5.68. The van der Waals surface area contributed by atoms with E-state index in [2.05, 4.69) is 182 Å². The fraction of sp³-hybridized carbons (Fsp3) is 0. The van der Waals surface area contributed by atoms with Gasteiger partial charge in [0.05, 0.1) is 0 Å². The molecule has 9 aromatic carbocycles. The van der Waals surface area contributed by atoms with Gasteiger partial charge in [-0.3, -0.25) is 0 Å². The molecule has 0 spiro atoms. The second-order valence-corrected chi connectivity index (χ2v) is 17.7. The van der Waals surface area contributed by atoms with Gasteiger partial charge in [0, 0.05) is 67.8 Å². The van der Waals surface area contributed by atoms with Gasteiger partial charge in [-0.25, -0.2) is 15.0 Å². The molecule has 0 bridgehead atoms. The van der Waals surface area contributed by atoms with Crippen molar-refractivity contribution in [2.24, 2.45) is 0 Å². The van der Waals surface area contributed by atoms with Crippen molar-refractivity contribution in [2.45, 2.75) is 0 Å². The summed E-state index contributed by atoms with van der Waals surface area (Å²) < 4.78 is 11.7. The molecule has 0 radical (unpaired) electrons. The molecule has 4 aromatic heterocycles. The van der Waals surface area contributed by atoms with E-state index in [-0.39, 0.29) is 0 Å². The van der Waals surface area contributed by atoms with Crippen LogP contribution in [-0.2, 0) is 0 Å². The summed E-state index contributed by atoms with van der Waals surface area (Å²) in [5, 5.41) is 9.56. The van der Waals surface area contributed by atoms with Crippen LogP contribution in [0.25, 0.3) is 129 Å². The molecular formula is C55H31N3OS2. The number of para-hydroxylation sites is 1. The van der Waals surface area contributed by atoms with Crippen molar-refractivity contribution >= 4 is 95.7 Å². The van der Waals surface area contributed by atoms with Gasteiger partial charge in [-0.1, -0.05) is 127 Å². The first-order valence-corrected chi connectivity index (χ1v) is 21.9. The first-order valence-electron chi connectivity index (χ1n) is 20.3. The number of hydrogen-bond acceptors (Lipinski definition) is 6. The summed E-state index contributed by atoms with van der Waals surface area (Å²) in [6, 6.07) is 66.9. The highest BCUT2D eigenvalue weighted by Crippen LogP contribution is 2.43. The predicted octanol–water partition coefficient (Wildman–Crippen LogP) is 16.0. The predicted molar refractivity (Wildman–Crippen MR) is 258 cm³/mol. The highest BCUT2D eigenvalue weighted by molar-refractivity contribution is 7.26. The van der Waals surface area contributed by atoms with Gasteiger partial charge in [-0.05, 0) is 93.7 Å². The molecule has 4 nitrogen and oxygen atoms in total. The standard InChI is InChI=1S/C55H31N3OS2/c1-2-10-35-27-37(22-17-32(35)9-1)54-56-53(57-55(58-54)38-24-26-50-45(28-38)41-12-5-8-16-49(41)60-50)34-20-18-33(19-21-34)44-29-39(30-47-52(44)43-13-3-6-14-46(43)59-47)36-23-25-42-40-11-4-7-15-48(40)61-51(42)31-36/h1-31H. The Morgan fingerprint density at radius 1 is 0.311 bits per heavy atom. The van der Waals surface area contributed by atoms with Crippen molar-refractivity contribution < 1.29 is 4.42 Å². The van der Waals surface area contributed by atoms with E-state index in [4.69, 9.17) is 19.4 Å². The molecule has 0 aliphatic rings. The second-order valence-electron chi connectivity index (χ2n) is 15.6. The fourth-order valence-corrected chi connectivity index (χ4v) is 11.1. The van der Waals surface area contributed by atoms with Crippen molar-refractivity contribution in [3.63, 3.8) is 0 Å². The molecule has 0 aliphatic heterocycles. The van der Waals surface area contributed by atoms with Crippen molar-refractivity contribution in [1.82, 2.24) is 15.0 Å². The number of rotatable bonds is 5. The zero-order valence-corrected chi connectivity index (χ0v) is 34.1. The van der Waals surface area contributed by atoms with Gasteiger partial charge >= 0.3 is 0 Å². The van der Waals surface area contributed by atoms with Gasteiger partial charge in [0.2, 0.25) is 0 Å². The Balaban J connectivity index is 0.958. The van der Waals surface area contributed by atoms with Gasteiger partial charge in [-0.15, -0.1) is 22.7 Å². The van der Waals surface area contributed by atoms with Gasteiger partial charge < -0.3 is 4.42 Å². The smallest absolute Gasteiger partial charge is 0.164 e. The summed E-state index contributed by atoms with van der Waals surface area (Å²) in [7, 11) is 0. The van der Waals surface area contributed by atoms with E-state index in [1.54, 1.807) is 0 Å². The monoisotopic (exact) mass is 813 g/mol. The van der Waals surface area contributed by atoms with E-state index in [1.165, 1.54) is 45.7 Å². The van der Waals surface area contributed by atoms with Crippen LogP contribution in [0.5, 0.6) is 0 Å². The molecule has 61 heavy (non-hydrogen) atoms. The van der Waals surface area contributed by atoms with Crippen LogP contribution < -0.4 is 0 Å². The second kappa shape index (κ2) is 13.5. The Hall–Kier alpha value is -7.51. The van der Waals surface area contributed by atoms with Crippen LogP contribution in [0.1, 0.15) is 0 Å². The first kappa shape index (κ1) is 34.4. The number of aromatic nitrogens is 3. The lowest BCUT2D eigenvalue weighted by Crippen LogP contribution is -2.00. The van der Waals surface area contributed by atoms with Crippen molar-refractivity contribution in [3.05, 3.63) is 188 Å². The molecule has 0 aliphatic carbocycles. The van der Waals surface area contributed by atoms with Crippen LogP contribution in [0.4, 0.5) is 0 Å². The molecule has 0 amide bonds. The minimum Gasteiger partial charge on any atom is -0.456 e. The average molecular weight is 814 g/mol. The van der Waals surface area contributed by atoms with Crippen LogP contribution in [0.3, 0.4) is 0 Å². The largest absolute Gasteiger partial charge is 0.456 e. The maximum atomic E-state index is 6.56. The van der Waals surface area contributed by atoms with Crippen LogP contribution >= 0.6 is 22.7 Å². The van der Waals surface area contributed by atoms with Crippen molar-refractivity contribution in [2.75, 3.05) is 0 Å². The zero-order chi connectivity index (χ0) is 40.0. The minimum absolute atomic E-state index is 0.624. The summed E-state index contributed by atoms with van der Waals surface area (Å²) in [5.41, 5.74) is 9.03. The molecule has 0 unspecified atom stereocenters. The lowest BCUT2D eigenvalue weighted by molar-refractivity contribution is 0.669. The highest BCUT2D eigenvalue weighted by Gasteiger charge is 2.18. The van der Waals surface area contributed by atoms with E-state index in [1.807, 2.05) is 28.7 Å². The normalized spacial score (nSPS) is 11.9. The number of thiophene rings is 2. The molecule has 284 valence electrons. The fourth-order valence-electron chi connectivity index (χ4n) is 8.91. The van der Waals surface area contributed by atoms with Gasteiger partial charge in [0.1, 0.15) is 11.2 Å². The third-order valence-electron chi connectivity index (χ3n) is 11.9. The average Bonchev–Trinajstić information content (AvgIpc) is 4.02. The van der Waals surface area contributed by atoms with Crippen LogP contribution in [0.15, 0.2) is 192 Å². The Labute approximate surface area is 357 Å². The zero-order valence-electron chi connectivity index (χ0n) is 32.5. The van der Waals surface area contributed by atoms with Crippen LogP contribution in [0.2, 0.25) is 0 Å². The summed E-state index contributed by atoms with van der Waals surface area (Å²) in [5.74, 6) is 1.91. The Kier molecular flexibility index (Phi) is 7.61. The molecule has 0 atom stereocenters. The molecule has 0 saturated carbocycles. The van der Waals surface area contributed by atoms with Crippen LogP contribution in [-0.4, -0.2) is 15.0 Å². The van der Waals surface area contributed by atoms with Gasteiger partial charge in [-0.2, -0.15) is 0 Å². The number of hydrogen-bond donors (Lipinski definition) is 0.